The Bertz CT molecular complexity index is 385. The van der Waals surface area contributed by atoms with Crippen LogP contribution in [0.2, 0.25) is 0 Å². The molecule has 2 unspecified atom stereocenters. The molecule has 1 fully saturated rings. The summed E-state index contributed by atoms with van der Waals surface area (Å²) in [5, 5.41) is 11.2. The highest BCUT2D eigenvalue weighted by Crippen LogP contribution is 2.44. The SMILES string of the molecule is COC(=O)C1(NC(=O)OC(C)(C)C)CC1C(=O)O. The summed E-state index contributed by atoms with van der Waals surface area (Å²) in [5.41, 5.74) is -2.22. The summed E-state index contributed by atoms with van der Waals surface area (Å²) >= 11 is 0. The van der Waals surface area contributed by atoms with Crippen molar-refractivity contribution in [3.63, 3.8) is 0 Å². The van der Waals surface area contributed by atoms with E-state index in [0.717, 1.165) is 7.11 Å². The number of carboxylic acid groups (broad SMARTS) is 1. The fraction of sp³-hybridized carbons (Fsp3) is 0.727. The molecule has 0 radical (unpaired) electrons. The maximum atomic E-state index is 11.6. The Hall–Kier alpha value is -1.79. The topological polar surface area (TPSA) is 102 Å². The van der Waals surface area contributed by atoms with Crippen molar-refractivity contribution in [1.82, 2.24) is 5.32 Å². The summed E-state index contributed by atoms with van der Waals surface area (Å²) < 4.78 is 9.50. The first-order valence-corrected chi connectivity index (χ1v) is 5.45. The Balaban J connectivity index is 2.75. The summed E-state index contributed by atoms with van der Waals surface area (Å²) in [4.78, 5) is 34.0. The van der Waals surface area contributed by atoms with Gasteiger partial charge >= 0.3 is 18.0 Å². The Morgan fingerprint density at radius 2 is 1.89 bits per heavy atom. The lowest BCUT2D eigenvalue weighted by Crippen LogP contribution is -2.48. The van der Waals surface area contributed by atoms with Gasteiger partial charge in [-0.3, -0.25) is 4.79 Å². The quantitative estimate of drug-likeness (QED) is 0.717. The number of aliphatic carboxylic acids is 1. The zero-order valence-corrected chi connectivity index (χ0v) is 10.8. The molecule has 2 N–H and O–H groups in total. The highest BCUT2D eigenvalue weighted by molar-refractivity contribution is 5.97. The van der Waals surface area contributed by atoms with E-state index >= 15 is 0 Å². The Morgan fingerprint density at radius 3 is 2.22 bits per heavy atom. The molecule has 0 spiro atoms. The number of alkyl carbamates (subject to hydrolysis) is 1. The number of nitrogens with one attached hydrogen (secondary N) is 1. The number of carboxylic acids is 1. The van der Waals surface area contributed by atoms with Gasteiger partial charge in [-0.15, -0.1) is 0 Å². The van der Waals surface area contributed by atoms with E-state index in [0.29, 0.717) is 0 Å². The minimum atomic E-state index is -1.50. The molecule has 0 bridgehead atoms. The van der Waals surface area contributed by atoms with E-state index in [4.69, 9.17) is 9.84 Å². The molecule has 18 heavy (non-hydrogen) atoms. The summed E-state index contributed by atoms with van der Waals surface area (Å²) in [6, 6.07) is 0. The molecule has 7 nitrogen and oxygen atoms in total. The summed E-state index contributed by atoms with van der Waals surface area (Å²) in [6.45, 7) is 5.00. The maximum absolute atomic E-state index is 11.6. The van der Waals surface area contributed by atoms with E-state index in [2.05, 4.69) is 10.1 Å². The molecule has 7 heteroatoms. The molecule has 0 aliphatic heterocycles. The number of rotatable bonds is 3. The third-order valence-corrected chi connectivity index (χ3v) is 2.53. The van der Waals surface area contributed by atoms with Crippen LogP contribution in [0.1, 0.15) is 27.2 Å². The molecule has 0 aromatic carbocycles. The molecule has 1 aliphatic carbocycles. The fourth-order valence-corrected chi connectivity index (χ4v) is 1.64. The van der Waals surface area contributed by atoms with Crippen molar-refractivity contribution < 1.29 is 29.0 Å². The minimum absolute atomic E-state index is 0.00818. The lowest BCUT2D eigenvalue weighted by atomic mass is 10.2. The van der Waals surface area contributed by atoms with Crippen molar-refractivity contribution in [3.8, 4) is 0 Å². The van der Waals surface area contributed by atoms with Crippen LogP contribution in [0.4, 0.5) is 4.79 Å². The number of ether oxygens (including phenoxy) is 2. The summed E-state index contributed by atoms with van der Waals surface area (Å²) in [7, 11) is 1.14. The number of methoxy groups -OCH3 is 1. The fourth-order valence-electron chi connectivity index (χ4n) is 1.64. The molecule has 1 saturated carbocycles. The molecule has 102 valence electrons. The van der Waals surface area contributed by atoms with E-state index in [1.54, 1.807) is 20.8 Å². The lowest BCUT2D eigenvalue weighted by Gasteiger charge is -2.22. The second-order valence-corrected chi connectivity index (χ2v) is 5.18. The molecular formula is C11H17NO6. The van der Waals surface area contributed by atoms with Gasteiger partial charge < -0.3 is 19.9 Å². The average molecular weight is 259 g/mol. The third kappa shape index (κ3) is 2.91. The first-order valence-electron chi connectivity index (χ1n) is 5.45. The number of carbonyl (C=O) groups is 3. The van der Waals surface area contributed by atoms with E-state index in [9.17, 15) is 14.4 Å². The first-order chi connectivity index (χ1) is 8.12. The molecule has 1 amide bonds. The summed E-state index contributed by atoms with van der Waals surface area (Å²) in [6.07, 6.45) is -0.828. The van der Waals surface area contributed by atoms with Crippen LogP contribution in [0.15, 0.2) is 0 Å². The van der Waals surface area contributed by atoms with Crippen molar-refractivity contribution in [2.24, 2.45) is 5.92 Å². The van der Waals surface area contributed by atoms with Gasteiger partial charge in [-0.2, -0.15) is 0 Å². The second-order valence-electron chi connectivity index (χ2n) is 5.18. The van der Waals surface area contributed by atoms with Crippen LogP contribution < -0.4 is 5.32 Å². The molecule has 0 aromatic rings. The standard InChI is InChI=1S/C11H17NO6/c1-10(2,3)18-9(16)12-11(8(15)17-4)5-6(11)7(13)14/h6H,5H2,1-4H3,(H,12,16)(H,13,14). The Labute approximate surface area is 104 Å². The van der Waals surface area contributed by atoms with Crippen molar-refractivity contribution in [3.05, 3.63) is 0 Å². The van der Waals surface area contributed by atoms with Crippen LogP contribution in [-0.4, -0.2) is 41.4 Å². The normalized spacial score (nSPS) is 26.1. The van der Waals surface area contributed by atoms with E-state index < -0.39 is 35.1 Å². The van der Waals surface area contributed by atoms with Crippen molar-refractivity contribution in [2.75, 3.05) is 7.11 Å². The highest BCUT2D eigenvalue weighted by Gasteiger charge is 2.66. The van der Waals surface area contributed by atoms with Gasteiger partial charge in [0.05, 0.1) is 13.0 Å². The van der Waals surface area contributed by atoms with Gasteiger partial charge in [-0.1, -0.05) is 0 Å². The van der Waals surface area contributed by atoms with Crippen molar-refractivity contribution in [1.29, 1.82) is 0 Å². The largest absolute Gasteiger partial charge is 0.481 e. The van der Waals surface area contributed by atoms with Gasteiger partial charge in [-0.05, 0) is 27.2 Å². The predicted octanol–water partition coefficient (Wildman–Crippen LogP) is 0.527. The number of hydrogen-bond acceptors (Lipinski definition) is 5. The number of amides is 1. The van der Waals surface area contributed by atoms with Gasteiger partial charge in [0.25, 0.3) is 0 Å². The molecule has 0 aromatic heterocycles. The lowest BCUT2D eigenvalue weighted by molar-refractivity contribution is -0.148. The van der Waals surface area contributed by atoms with Crippen molar-refractivity contribution >= 4 is 18.0 Å². The van der Waals surface area contributed by atoms with Crippen molar-refractivity contribution in [2.45, 2.75) is 38.3 Å². The van der Waals surface area contributed by atoms with Crippen LogP contribution >= 0.6 is 0 Å². The molecule has 1 aliphatic rings. The molecule has 1 rings (SSSR count). The van der Waals surface area contributed by atoms with Crippen LogP contribution in [0.3, 0.4) is 0 Å². The maximum Gasteiger partial charge on any atom is 0.408 e. The van der Waals surface area contributed by atoms with E-state index in [1.165, 1.54) is 0 Å². The Kier molecular flexibility index (Phi) is 3.54. The first kappa shape index (κ1) is 14.3. The zero-order chi connectivity index (χ0) is 14.1. The number of hydrogen-bond donors (Lipinski definition) is 2. The smallest absolute Gasteiger partial charge is 0.408 e. The van der Waals surface area contributed by atoms with Gasteiger partial charge in [0.15, 0.2) is 5.54 Å². The second kappa shape index (κ2) is 4.47. The van der Waals surface area contributed by atoms with Crippen LogP contribution in [0, 0.1) is 5.92 Å². The zero-order valence-electron chi connectivity index (χ0n) is 10.8. The highest BCUT2D eigenvalue weighted by atomic mass is 16.6. The monoisotopic (exact) mass is 259 g/mol. The third-order valence-electron chi connectivity index (χ3n) is 2.53. The van der Waals surface area contributed by atoms with Crippen LogP contribution in [0.5, 0.6) is 0 Å². The average Bonchev–Trinajstić information content (AvgIpc) is 2.89. The number of esters is 1. The minimum Gasteiger partial charge on any atom is -0.481 e. The molecule has 0 saturated heterocycles. The predicted molar refractivity (Wildman–Crippen MR) is 59.9 cm³/mol. The van der Waals surface area contributed by atoms with Crippen LogP contribution in [-0.2, 0) is 19.1 Å². The van der Waals surface area contributed by atoms with E-state index in [1.807, 2.05) is 0 Å². The Morgan fingerprint density at radius 1 is 1.33 bits per heavy atom. The summed E-state index contributed by atoms with van der Waals surface area (Å²) in [5.74, 6) is -2.91. The van der Waals surface area contributed by atoms with Crippen LogP contribution in [0.25, 0.3) is 0 Å². The van der Waals surface area contributed by atoms with Gasteiger partial charge in [-0.25, -0.2) is 9.59 Å². The molecule has 0 heterocycles. The van der Waals surface area contributed by atoms with E-state index in [-0.39, 0.29) is 6.42 Å². The number of carbonyl (C=O) groups excluding carboxylic acids is 2. The van der Waals surface area contributed by atoms with Gasteiger partial charge in [0.1, 0.15) is 5.60 Å². The molecular weight excluding hydrogens is 242 g/mol. The van der Waals surface area contributed by atoms with Gasteiger partial charge in [0.2, 0.25) is 0 Å². The molecule has 2 atom stereocenters. The van der Waals surface area contributed by atoms with Gasteiger partial charge in [0, 0.05) is 0 Å².